The lowest BCUT2D eigenvalue weighted by atomic mass is 9.90. The summed E-state index contributed by atoms with van der Waals surface area (Å²) in [7, 11) is 0. The molecule has 2 aromatic rings. The van der Waals surface area contributed by atoms with Gasteiger partial charge in [-0.1, -0.05) is 67.6 Å². The molecule has 1 unspecified atom stereocenters. The second-order valence-electron chi connectivity index (χ2n) is 4.38. The third-order valence-corrected chi connectivity index (χ3v) is 3.10. The number of rotatable bonds is 4. The number of hydrogen-bond donors (Lipinski definition) is 0. The molecule has 0 amide bonds. The van der Waals surface area contributed by atoms with Crippen LogP contribution in [0.2, 0.25) is 0 Å². The van der Waals surface area contributed by atoms with Crippen molar-refractivity contribution >= 4 is 0 Å². The largest absolute Gasteiger partial charge is 0.103 e. The monoisotopic (exact) mass is 222 g/mol. The molecule has 0 radical (unpaired) electrons. The van der Waals surface area contributed by atoms with Crippen LogP contribution < -0.4 is 0 Å². The van der Waals surface area contributed by atoms with Crippen LogP contribution in [0.5, 0.6) is 0 Å². The minimum atomic E-state index is 0.518. The first-order valence-electron chi connectivity index (χ1n) is 6.08. The Morgan fingerprint density at radius 3 is 2.35 bits per heavy atom. The highest BCUT2D eigenvalue weighted by Crippen LogP contribution is 2.30. The lowest BCUT2D eigenvalue weighted by molar-refractivity contribution is 0.784. The van der Waals surface area contributed by atoms with Crippen molar-refractivity contribution in [1.82, 2.24) is 0 Å². The van der Waals surface area contributed by atoms with Crippen molar-refractivity contribution in [2.45, 2.75) is 19.3 Å². The summed E-state index contributed by atoms with van der Waals surface area (Å²) in [6, 6.07) is 19.2. The molecule has 2 rings (SSSR count). The zero-order chi connectivity index (χ0) is 12.1. The molecule has 1 atom stereocenters. The van der Waals surface area contributed by atoms with Crippen LogP contribution in [0.1, 0.15) is 24.8 Å². The van der Waals surface area contributed by atoms with E-state index in [9.17, 15) is 0 Å². The summed E-state index contributed by atoms with van der Waals surface area (Å²) in [5.74, 6) is 0.518. The Kier molecular flexibility index (Phi) is 3.77. The fraction of sp³-hybridized carbons (Fsp3) is 0.176. The molecule has 0 aromatic heterocycles. The normalized spacial score (nSPS) is 12.1. The van der Waals surface area contributed by atoms with E-state index in [4.69, 9.17) is 0 Å². The van der Waals surface area contributed by atoms with Crippen LogP contribution in [0.15, 0.2) is 67.3 Å². The fourth-order valence-electron chi connectivity index (χ4n) is 2.18. The van der Waals surface area contributed by atoms with E-state index < -0.39 is 0 Å². The van der Waals surface area contributed by atoms with Crippen molar-refractivity contribution in [3.63, 3.8) is 0 Å². The first kappa shape index (κ1) is 11.7. The van der Waals surface area contributed by atoms with Gasteiger partial charge in [-0.25, -0.2) is 0 Å². The van der Waals surface area contributed by atoms with E-state index in [1.165, 1.54) is 16.7 Å². The minimum Gasteiger partial charge on any atom is -0.103 e. The molecule has 17 heavy (non-hydrogen) atoms. The molecule has 0 N–H and O–H groups in total. The van der Waals surface area contributed by atoms with E-state index in [-0.39, 0.29) is 0 Å². The average Bonchev–Trinajstić information content (AvgIpc) is 2.40. The van der Waals surface area contributed by atoms with E-state index in [2.05, 4.69) is 68.1 Å². The van der Waals surface area contributed by atoms with Gasteiger partial charge in [-0.2, -0.15) is 0 Å². The number of hydrogen-bond acceptors (Lipinski definition) is 0. The Bertz CT molecular complexity index is 482. The number of benzene rings is 2. The fourth-order valence-corrected chi connectivity index (χ4v) is 2.18. The molecule has 0 heteroatoms. The van der Waals surface area contributed by atoms with Gasteiger partial charge in [-0.3, -0.25) is 0 Å². The summed E-state index contributed by atoms with van der Waals surface area (Å²) in [6.07, 6.45) is 3.01. The second kappa shape index (κ2) is 5.49. The van der Waals surface area contributed by atoms with Gasteiger partial charge in [-0.05, 0) is 29.0 Å². The molecular formula is C17H18. The Morgan fingerprint density at radius 2 is 1.65 bits per heavy atom. The highest BCUT2D eigenvalue weighted by atomic mass is 14.1. The van der Waals surface area contributed by atoms with Gasteiger partial charge in [0.25, 0.3) is 0 Å². The van der Waals surface area contributed by atoms with Crippen LogP contribution in [0.25, 0.3) is 11.1 Å². The van der Waals surface area contributed by atoms with Crippen molar-refractivity contribution in [2.75, 3.05) is 0 Å². The molecule has 0 aliphatic heterocycles. The van der Waals surface area contributed by atoms with Crippen molar-refractivity contribution in [1.29, 1.82) is 0 Å². The summed E-state index contributed by atoms with van der Waals surface area (Å²) < 4.78 is 0. The van der Waals surface area contributed by atoms with E-state index in [1.54, 1.807) is 0 Å². The standard InChI is InChI=1S/C17H18/c1-3-9-14(2)16-12-7-8-13-17(16)15-10-5-4-6-11-15/h3-8,10-14H,1,9H2,2H3. The molecule has 0 saturated heterocycles. The topological polar surface area (TPSA) is 0 Å². The quantitative estimate of drug-likeness (QED) is 0.636. The Labute approximate surface area is 104 Å². The molecule has 0 nitrogen and oxygen atoms in total. The molecule has 0 bridgehead atoms. The van der Waals surface area contributed by atoms with Crippen LogP contribution in [0, 0.1) is 0 Å². The van der Waals surface area contributed by atoms with E-state index >= 15 is 0 Å². The first-order valence-corrected chi connectivity index (χ1v) is 6.08. The highest BCUT2D eigenvalue weighted by Gasteiger charge is 2.09. The molecule has 86 valence electrons. The molecule has 0 aliphatic rings. The van der Waals surface area contributed by atoms with Crippen LogP contribution in [0.3, 0.4) is 0 Å². The molecule has 0 heterocycles. The van der Waals surface area contributed by atoms with Crippen LogP contribution in [0.4, 0.5) is 0 Å². The third kappa shape index (κ3) is 2.65. The average molecular weight is 222 g/mol. The molecule has 2 aromatic carbocycles. The van der Waals surface area contributed by atoms with E-state index in [0.717, 1.165) is 6.42 Å². The van der Waals surface area contributed by atoms with Gasteiger partial charge in [0.05, 0.1) is 0 Å². The smallest absolute Gasteiger partial charge is 0.0149 e. The third-order valence-electron chi connectivity index (χ3n) is 3.10. The minimum absolute atomic E-state index is 0.518. The second-order valence-corrected chi connectivity index (χ2v) is 4.38. The van der Waals surface area contributed by atoms with Crippen LogP contribution in [-0.4, -0.2) is 0 Å². The zero-order valence-electron chi connectivity index (χ0n) is 10.3. The maximum atomic E-state index is 3.83. The molecule has 0 fully saturated rings. The van der Waals surface area contributed by atoms with E-state index in [0.29, 0.717) is 5.92 Å². The highest BCUT2D eigenvalue weighted by molar-refractivity contribution is 5.67. The van der Waals surface area contributed by atoms with Crippen molar-refractivity contribution < 1.29 is 0 Å². The Balaban J connectivity index is 2.44. The van der Waals surface area contributed by atoms with Crippen molar-refractivity contribution in [3.8, 4) is 11.1 Å². The molecule has 0 aliphatic carbocycles. The summed E-state index contributed by atoms with van der Waals surface area (Å²) in [6.45, 7) is 6.08. The Hall–Kier alpha value is -1.82. The van der Waals surface area contributed by atoms with Gasteiger partial charge < -0.3 is 0 Å². The van der Waals surface area contributed by atoms with Gasteiger partial charge in [0.2, 0.25) is 0 Å². The molecule has 0 spiro atoms. The lowest BCUT2D eigenvalue weighted by Gasteiger charge is -2.15. The van der Waals surface area contributed by atoms with Crippen molar-refractivity contribution in [3.05, 3.63) is 72.8 Å². The first-order chi connectivity index (χ1) is 8.33. The SMILES string of the molecule is C=CCC(C)c1ccccc1-c1ccccc1. The van der Waals surface area contributed by atoms with Gasteiger partial charge in [0, 0.05) is 0 Å². The van der Waals surface area contributed by atoms with Gasteiger partial charge in [0.15, 0.2) is 0 Å². The molecule has 0 saturated carbocycles. The zero-order valence-corrected chi connectivity index (χ0v) is 10.3. The summed E-state index contributed by atoms with van der Waals surface area (Å²) in [4.78, 5) is 0. The van der Waals surface area contributed by atoms with Crippen LogP contribution >= 0.6 is 0 Å². The maximum absolute atomic E-state index is 3.83. The molecular weight excluding hydrogens is 204 g/mol. The predicted octanol–water partition coefficient (Wildman–Crippen LogP) is 5.03. The summed E-state index contributed by atoms with van der Waals surface area (Å²) in [5, 5.41) is 0. The van der Waals surface area contributed by atoms with Crippen LogP contribution in [-0.2, 0) is 0 Å². The van der Waals surface area contributed by atoms with Gasteiger partial charge in [0.1, 0.15) is 0 Å². The summed E-state index contributed by atoms with van der Waals surface area (Å²) in [5.41, 5.74) is 4.03. The Morgan fingerprint density at radius 1 is 1.00 bits per heavy atom. The van der Waals surface area contributed by atoms with Gasteiger partial charge in [-0.15, -0.1) is 6.58 Å². The maximum Gasteiger partial charge on any atom is -0.0149 e. The number of allylic oxidation sites excluding steroid dienone is 1. The lowest BCUT2D eigenvalue weighted by Crippen LogP contribution is -1.95. The van der Waals surface area contributed by atoms with E-state index in [1.807, 2.05) is 6.08 Å². The predicted molar refractivity (Wildman–Crippen MR) is 75.1 cm³/mol. The van der Waals surface area contributed by atoms with Crippen molar-refractivity contribution in [2.24, 2.45) is 0 Å². The summed E-state index contributed by atoms with van der Waals surface area (Å²) >= 11 is 0. The van der Waals surface area contributed by atoms with Gasteiger partial charge >= 0.3 is 0 Å².